The van der Waals surface area contributed by atoms with Crippen LogP contribution in [0.15, 0.2) is 0 Å². The molecule has 1 aromatic rings. The van der Waals surface area contributed by atoms with Crippen LogP contribution in [0.3, 0.4) is 0 Å². The highest BCUT2D eigenvalue weighted by Gasteiger charge is 2.16. The lowest BCUT2D eigenvalue weighted by Crippen LogP contribution is -2.27. The van der Waals surface area contributed by atoms with E-state index in [-0.39, 0.29) is 0 Å². The fraction of sp³-hybridized carbons (Fsp3) is 0.786. The van der Waals surface area contributed by atoms with Crippen LogP contribution >= 0.6 is 11.8 Å². The average Bonchev–Trinajstić information content (AvgIpc) is 2.52. The van der Waals surface area contributed by atoms with Crippen molar-refractivity contribution in [2.45, 2.75) is 45.6 Å². The molecule has 0 radical (unpaired) electrons. The van der Waals surface area contributed by atoms with Gasteiger partial charge in [0.2, 0.25) is 11.9 Å². The predicted octanol–water partition coefficient (Wildman–Crippen LogP) is 2.79. The lowest BCUT2D eigenvalue weighted by molar-refractivity contribution is 0.292. The molecule has 0 amide bonds. The standard InChI is InChI=1S/C14H25N5OS/c1-3-7-15-12-17-13(16-11-6-5-9-21-10-11)19-14(18-12)20-8-4-2/h11H,3-10H2,1-2H3,(H2,15,16,17,18,19). The monoisotopic (exact) mass is 311 g/mol. The molecule has 0 bridgehead atoms. The lowest BCUT2D eigenvalue weighted by atomic mass is 10.2. The van der Waals surface area contributed by atoms with Crippen LogP contribution in [-0.4, -0.2) is 45.7 Å². The minimum absolute atomic E-state index is 0.399. The Morgan fingerprint density at radius 1 is 1.19 bits per heavy atom. The first kappa shape index (κ1) is 16.1. The van der Waals surface area contributed by atoms with Gasteiger partial charge in [0.15, 0.2) is 0 Å². The summed E-state index contributed by atoms with van der Waals surface area (Å²) in [7, 11) is 0. The smallest absolute Gasteiger partial charge is 0.323 e. The molecule has 1 atom stereocenters. The van der Waals surface area contributed by atoms with Gasteiger partial charge in [-0.25, -0.2) is 0 Å². The zero-order valence-electron chi connectivity index (χ0n) is 12.9. The van der Waals surface area contributed by atoms with E-state index >= 15 is 0 Å². The molecule has 1 fully saturated rings. The Kier molecular flexibility index (Phi) is 6.85. The number of anilines is 2. The second-order valence-corrected chi connectivity index (χ2v) is 6.25. The van der Waals surface area contributed by atoms with Crippen molar-refractivity contribution < 1.29 is 4.74 Å². The van der Waals surface area contributed by atoms with Crippen molar-refractivity contribution >= 4 is 23.7 Å². The molecule has 2 N–H and O–H groups in total. The van der Waals surface area contributed by atoms with E-state index in [2.05, 4.69) is 39.4 Å². The van der Waals surface area contributed by atoms with Gasteiger partial charge in [-0.15, -0.1) is 0 Å². The van der Waals surface area contributed by atoms with Crippen LogP contribution in [0.4, 0.5) is 11.9 Å². The van der Waals surface area contributed by atoms with E-state index < -0.39 is 0 Å². The van der Waals surface area contributed by atoms with Crippen LogP contribution in [0.2, 0.25) is 0 Å². The van der Waals surface area contributed by atoms with Crippen molar-refractivity contribution in [2.24, 2.45) is 0 Å². The van der Waals surface area contributed by atoms with Crippen molar-refractivity contribution in [3.8, 4) is 6.01 Å². The molecule has 2 heterocycles. The largest absolute Gasteiger partial charge is 0.463 e. The molecular weight excluding hydrogens is 286 g/mol. The van der Waals surface area contributed by atoms with Gasteiger partial charge in [-0.05, 0) is 31.4 Å². The fourth-order valence-electron chi connectivity index (χ4n) is 2.03. The Labute approximate surface area is 130 Å². The summed E-state index contributed by atoms with van der Waals surface area (Å²) in [5.41, 5.74) is 0. The summed E-state index contributed by atoms with van der Waals surface area (Å²) < 4.78 is 5.56. The second kappa shape index (κ2) is 8.92. The summed E-state index contributed by atoms with van der Waals surface area (Å²) >= 11 is 1.98. The highest BCUT2D eigenvalue weighted by atomic mass is 32.2. The molecule has 118 valence electrons. The van der Waals surface area contributed by atoms with E-state index in [0.717, 1.165) is 25.1 Å². The number of rotatable bonds is 8. The number of ether oxygens (including phenoxy) is 1. The first-order valence-corrected chi connectivity index (χ1v) is 8.94. The maximum atomic E-state index is 5.56. The maximum absolute atomic E-state index is 5.56. The Hall–Kier alpha value is -1.24. The Morgan fingerprint density at radius 3 is 2.76 bits per heavy atom. The molecule has 0 spiro atoms. The summed E-state index contributed by atoms with van der Waals surface area (Å²) in [6.45, 7) is 5.64. The molecule has 1 aliphatic rings. The second-order valence-electron chi connectivity index (χ2n) is 5.10. The number of nitrogens with zero attached hydrogens (tertiary/aromatic N) is 3. The van der Waals surface area contributed by atoms with Crippen molar-refractivity contribution in [3.05, 3.63) is 0 Å². The summed E-state index contributed by atoms with van der Waals surface area (Å²) in [4.78, 5) is 13.1. The third kappa shape index (κ3) is 5.57. The third-order valence-electron chi connectivity index (χ3n) is 3.08. The first-order valence-electron chi connectivity index (χ1n) is 7.78. The number of hydrogen-bond acceptors (Lipinski definition) is 7. The Bertz CT molecular complexity index is 400. The number of aromatic nitrogens is 3. The molecule has 2 rings (SSSR count). The third-order valence-corrected chi connectivity index (χ3v) is 4.29. The quantitative estimate of drug-likeness (QED) is 0.765. The van der Waals surface area contributed by atoms with E-state index in [1.54, 1.807) is 0 Å². The lowest BCUT2D eigenvalue weighted by Gasteiger charge is -2.22. The molecule has 6 nitrogen and oxygen atoms in total. The molecule has 0 aliphatic carbocycles. The molecule has 0 saturated carbocycles. The summed E-state index contributed by atoms with van der Waals surface area (Å²) in [5, 5.41) is 6.61. The zero-order chi connectivity index (χ0) is 14.9. The van der Waals surface area contributed by atoms with Crippen LogP contribution < -0.4 is 15.4 Å². The van der Waals surface area contributed by atoms with Gasteiger partial charge in [0.25, 0.3) is 0 Å². The summed E-state index contributed by atoms with van der Waals surface area (Å²) in [6, 6.07) is 0.834. The summed E-state index contributed by atoms with van der Waals surface area (Å²) in [5.74, 6) is 3.56. The van der Waals surface area contributed by atoms with Gasteiger partial charge in [0, 0.05) is 18.3 Å². The van der Waals surface area contributed by atoms with Gasteiger partial charge in [0.1, 0.15) is 0 Å². The molecule has 1 aliphatic heterocycles. The van der Waals surface area contributed by atoms with Crippen LogP contribution in [-0.2, 0) is 0 Å². The predicted molar refractivity (Wildman–Crippen MR) is 88.4 cm³/mol. The minimum Gasteiger partial charge on any atom is -0.463 e. The van der Waals surface area contributed by atoms with E-state index in [0.29, 0.717) is 30.6 Å². The average molecular weight is 311 g/mol. The normalized spacial score (nSPS) is 18.3. The van der Waals surface area contributed by atoms with Crippen molar-refractivity contribution in [2.75, 3.05) is 35.3 Å². The van der Waals surface area contributed by atoms with E-state index in [4.69, 9.17) is 4.74 Å². The maximum Gasteiger partial charge on any atom is 0.323 e. The zero-order valence-corrected chi connectivity index (χ0v) is 13.7. The SMILES string of the molecule is CCCNc1nc(NC2CCCSC2)nc(OCCC)n1. The summed E-state index contributed by atoms with van der Waals surface area (Å²) in [6.07, 6.45) is 4.37. The van der Waals surface area contributed by atoms with Gasteiger partial charge >= 0.3 is 6.01 Å². The molecule has 21 heavy (non-hydrogen) atoms. The fourth-order valence-corrected chi connectivity index (χ4v) is 3.10. The van der Waals surface area contributed by atoms with Gasteiger partial charge in [-0.2, -0.15) is 26.7 Å². The first-order chi connectivity index (χ1) is 10.3. The van der Waals surface area contributed by atoms with Crippen LogP contribution in [0.5, 0.6) is 6.01 Å². The van der Waals surface area contributed by atoms with E-state index in [1.807, 2.05) is 11.8 Å². The number of thioether (sulfide) groups is 1. The highest BCUT2D eigenvalue weighted by Crippen LogP contribution is 2.20. The van der Waals surface area contributed by atoms with Crippen molar-refractivity contribution in [1.82, 2.24) is 15.0 Å². The topological polar surface area (TPSA) is 72.0 Å². The Morgan fingerprint density at radius 2 is 2.05 bits per heavy atom. The van der Waals surface area contributed by atoms with Gasteiger partial charge in [-0.3, -0.25) is 0 Å². The van der Waals surface area contributed by atoms with Gasteiger partial charge in [0.05, 0.1) is 6.61 Å². The Balaban J connectivity index is 2.05. The molecule has 7 heteroatoms. The molecule has 1 unspecified atom stereocenters. The van der Waals surface area contributed by atoms with Gasteiger partial charge < -0.3 is 15.4 Å². The van der Waals surface area contributed by atoms with E-state index in [9.17, 15) is 0 Å². The highest BCUT2D eigenvalue weighted by molar-refractivity contribution is 7.99. The van der Waals surface area contributed by atoms with Crippen LogP contribution in [0, 0.1) is 0 Å². The van der Waals surface area contributed by atoms with Crippen molar-refractivity contribution in [3.63, 3.8) is 0 Å². The molecule has 1 saturated heterocycles. The van der Waals surface area contributed by atoms with Gasteiger partial charge in [-0.1, -0.05) is 13.8 Å². The molecule has 0 aromatic carbocycles. The van der Waals surface area contributed by atoms with Crippen LogP contribution in [0.1, 0.15) is 39.5 Å². The van der Waals surface area contributed by atoms with Crippen molar-refractivity contribution in [1.29, 1.82) is 0 Å². The number of hydrogen-bond donors (Lipinski definition) is 2. The molecular formula is C14H25N5OS. The number of nitrogens with one attached hydrogen (secondary N) is 2. The minimum atomic E-state index is 0.399. The van der Waals surface area contributed by atoms with Crippen LogP contribution in [0.25, 0.3) is 0 Å². The molecule has 1 aromatic heterocycles. The van der Waals surface area contributed by atoms with E-state index in [1.165, 1.54) is 18.6 Å².